The van der Waals surface area contributed by atoms with Crippen LogP contribution in [0.5, 0.6) is 0 Å². The number of hydrogen-bond donors (Lipinski definition) is 0. The summed E-state index contributed by atoms with van der Waals surface area (Å²) in [6.45, 7) is 8.78. The fraction of sp³-hybridized carbons (Fsp3) is 0.111. The number of benzene rings is 4. The van der Waals surface area contributed by atoms with E-state index in [2.05, 4.69) is 139 Å². The molecule has 0 aliphatic heterocycles. The summed E-state index contributed by atoms with van der Waals surface area (Å²) in [6.07, 6.45) is 1.79. The molecule has 0 amide bonds. The minimum atomic E-state index is 0.655. The predicted octanol–water partition coefficient (Wildman–Crippen LogP) is 8.62. The average Bonchev–Trinajstić information content (AvgIpc) is 3.49. The summed E-state index contributed by atoms with van der Waals surface area (Å²) in [6, 6.07) is 36.3. The maximum absolute atomic E-state index is 6.54. The van der Waals surface area contributed by atoms with Crippen molar-refractivity contribution in [3.8, 4) is 34.0 Å². The van der Waals surface area contributed by atoms with Gasteiger partial charge in [-0.25, -0.2) is 4.98 Å². The predicted molar refractivity (Wildman–Crippen MR) is 162 cm³/mol. The Morgan fingerprint density at radius 1 is 0.650 bits per heavy atom. The minimum absolute atomic E-state index is 0.655. The zero-order valence-electron chi connectivity index (χ0n) is 23.1. The van der Waals surface area contributed by atoms with E-state index in [0.717, 1.165) is 56.1 Å². The van der Waals surface area contributed by atoms with Crippen LogP contribution < -0.4 is 4.57 Å². The number of hydrogen-bond acceptors (Lipinski definition) is 2. The summed E-state index contributed by atoms with van der Waals surface area (Å²) in [5.74, 6) is 1.10. The number of aryl methyl sites for hydroxylation is 3. The van der Waals surface area contributed by atoms with Crippen molar-refractivity contribution in [3.63, 3.8) is 0 Å². The number of imidazole rings is 1. The Bertz CT molecular complexity index is 2010. The van der Waals surface area contributed by atoms with Gasteiger partial charge in [-0.3, -0.25) is 0 Å². The molecule has 0 aliphatic carbocycles. The third kappa shape index (κ3) is 3.60. The fourth-order valence-electron chi connectivity index (χ4n) is 6.10. The highest BCUT2D eigenvalue weighted by molar-refractivity contribution is 6.06. The van der Waals surface area contributed by atoms with E-state index in [1.807, 2.05) is 6.07 Å². The lowest BCUT2D eigenvalue weighted by molar-refractivity contribution is -0.588. The Morgan fingerprint density at radius 3 is 2.08 bits per heavy atom. The van der Waals surface area contributed by atoms with E-state index in [4.69, 9.17) is 4.42 Å². The van der Waals surface area contributed by atoms with E-state index >= 15 is 0 Å². The van der Waals surface area contributed by atoms with Gasteiger partial charge < -0.3 is 4.42 Å². The Hall–Kier alpha value is -4.96. The standard InChI is InChI=1S/C36H30N3O/c1-23-13-11-14-24(2)31(23)36-38(32-25(3)20-21-29-30-19-12-22-37-35(30)40-34(29)32)26(4)33(27-15-7-5-8-16-27)39(36)28-17-9-6-10-18-28/h5-22H,1-4H3/q+1. The lowest BCUT2D eigenvalue weighted by atomic mass is 10.0. The SMILES string of the molecule is Cc1cccc(C)c1-c1n(-c2ccccc2)c(-c2ccccc2)c(C)[n+]1-c1c(C)ccc2c1oc1ncccc12. The molecule has 0 unspecified atom stereocenters. The summed E-state index contributed by atoms with van der Waals surface area (Å²) in [7, 11) is 0. The maximum Gasteiger partial charge on any atom is 0.300 e. The number of aromatic nitrogens is 3. The second kappa shape index (κ2) is 9.35. The van der Waals surface area contributed by atoms with Gasteiger partial charge in [0.15, 0.2) is 22.7 Å². The third-order valence-electron chi connectivity index (χ3n) is 7.91. The molecule has 40 heavy (non-hydrogen) atoms. The molecule has 0 aliphatic rings. The van der Waals surface area contributed by atoms with Crippen molar-refractivity contribution in [1.82, 2.24) is 9.55 Å². The second-order valence-corrected chi connectivity index (χ2v) is 10.5. The molecule has 0 saturated carbocycles. The van der Waals surface area contributed by atoms with Crippen LogP contribution in [0.15, 0.2) is 114 Å². The topological polar surface area (TPSA) is 34.8 Å². The van der Waals surface area contributed by atoms with Crippen LogP contribution in [-0.4, -0.2) is 9.55 Å². The van der Waals surface area contributed by atoms with Crippen LogP contribution in [-0.2, 0) is 0 Å². The molecule has 0 saturated heterocycles. The first-order chi connectivity index (χ1) is 19.5. The first-order valence-corrected chi connectivity index (χ1v) is 13.7. The molecule has 0 fully saturated rings. The van der Waals surface area contributed by atoms with E-state index in [-0.39, 0.29) is 0 Å². The van der Waals surface area contributed by atoms with E-state index < -0.39 is 0 Å². The molecule has 194 valence electrons. The molecule has 7 rings (SSSR count). The number of nitrogens with zero attached hydrogens (tertiary/aromatic N) is 3. The molecule has 0 atom stereocenters. The first-order valence-electron chi connectivity index (χ1n) is 13.7. The highest BCUT2D eigenvalue weighted by atomic mass is 16.3. The quantitative estimate of drug-likeness (QED) is 0.218. The van der Waals surface area contributed by atoms with Gasteiger partial charge in [-0.2, -0.15) is 9.13 Å². The third-order valence-corrected chi connectivity index (χ3v) is 7.91. The zero-order valence-corrected chi connectivity index (χ0v) is 23.1. The molecule has 0 N–H and O–H groups in total. The van der Waals surface area contributed by atoms with Gasteiger partial charge in [0.1, 0.15) is 5.69 Å². The Balaban J connectivity index is 1.73. The highest BCUT2D eigenvalue weighted by Crippen LogP contribution is 2.38. The Kier molecular flexibility index (Phi) is 5.64. The van der Waals surface area contributed by atoms with Gasteiger partial charge in [0.05, 0.1) is 5.56 Å². The fourth-order valence-corrected chi connectivity index (χ4v) is 6.10. The second-order valence-electron chi connectivity index (χ2n) is 10.5. The van der Waals surface area contributed by atoms with Crippen LogP contribution in [0.3, 0.4) is 0 Å². The van der Waals surface area contributed by atoms with Crippen molar-refractivity contribution in [2.24, 2.45) is 0 Å². The smallest absolute Gasteiger partial charge is 0.300 e. The van der Waals surface area contributed by atoms with Crippen LogP contribution in [0, 0.1) is 27.7 Å². The van der Waals surface area contributed by atoms with Gasteiger partial charge in [0.25, 0.3) is 0 Å². The summed E-state index contributed by atoms with van der Waals surface area (Å²) < 4.78 is 11.4. The summed E-state index contributed by atoms with van der Waals surface area (Å²) in [5.41, 5.74) is 11.9. The van der Waals surface area contributed by atoms with Crippen LogP contribution in [0.4, 0.5) is 0 Å². The summed E-state index contributed by atoms with van der Waals surface area (Å²) >= 11 is 0. The van der Waals surface area contributed by atoms with E-state index in [9.17, 15) is 0 Å². The lowest BCUT2D eigenvalue weighted by Crippen LogP contribution is -2.36. The van der Waals surface area contributed by atoms with Crippen molar-refractivity contribution >= 4 is 22.1 Å². The van der Waals surface area contributed by atoms with Crippen LogP contribution >= 0.6 is 0 Å². The van der Waals surface area contributed by atoms with Gasteiger partial charge in [-0.15, -0.1) is 0 Å². The molecule has 3 heterocycles. The molecular weight excluding hydrogens is 490 g/mol. The van der Waals surface area contributed by atoms with E-state index in [0.29, 0.717) is 5.71 Å². The van der Waals surface area contributed by atoms with Crippen molar-refractivity contribution in [1.29, 1.82) is 0 Å². The van der Waals surface area contributed by atoms with Crippen LogP contribution in [0.25, 0.3) is 56.1 Å². The van der Waals surface area contributed by atoms with Gasteiger partial charge in [-0.05, 0) is 62.2 Å². The molecule has 4 nitrogen and oxygen atoms in total. The molecule has 0 bridgehead atoms. The van der Waals surface area contributed by atoms with Crippen molar-refractivity contribution in [2.75, 3.05) is 0 Å². The molecule has 4 heteroatoms. The monoisotopic (exact) mass is 520 g/mol. The Labute approximate surface area is 233 Å². The summed E-state index contributed by atoms with van der Waals surface area (Å²) in [5, 5.41) is 2.09. The van der Waals surface area contributed by atoms with E-state index in [1.54, 1.807) is 6.20 Å². The largest absolute Gasteiger partial charge is 0.433 e. The molecule has 3 aromatic heterocycles. The molecule has 4 aromatic carbocycles. The highest BCUT2D eigenvalue weighted by Gasteiger charge is 2.36. The van der Waals surface area contributed by atoms with Crippen molar-refractivity contribution in [3.05, 3.63) is 132 Å². The lowest BCUT2D eigenvalue weighted by Gasteiger charge is -2.12. The normalized spacial score (nSPS) is 11.5. The Morgan fingerprint density at radius 2 is 1.35 bits per heavy atom. The molecule has 7 aromatic rings. The molecule has 0 radical (unpaired) electrons. The molecular formula is C36H30N3O+. The van der Waals surface area contributed by atoms with Gasteiger partial charge in [-0.1, -0.05) is 72.8 Å². The first kappa shape index (κ1) is 24.1. The number of fused-ring (bicyclic) bond motifs is 3. The van der Waals surface area contributed by atoms with Gasteiger partial charge >= 0.3 is 5.82 Å². The summed E-state index contributed by atoms with van der Waals surface area (Å²) in [4.78, 5) is 4.55. The minimum Gasteiger partial charge on any atom is -0.433 e. The van der Waals surface area contributed by atoms with Crippen molar-refractivity contribution in [2.45, 2.75) is 27.7 Å². The number of furan rings is 1. The van der Waals surface area contributed by atoms with Crippen molar-refractivity contribution < 1.29 is 8.98 Å². The van der Waals surface area contributed by atoms with Gasteiger partial charge in [0.2, 0.25) is 5.71 Å². The average molecular weight is 521 g/mol. The zero-order chi connectivity index (χ0) is 27.4. The molecule has 0 spiro atoms. The van der Waals surface area contributed by atoms with Crippen LogP contribution in [0.2, 0.25) is 0 Å². The number of pyridine rings is 1. The van der Waals surface area contributed by atoms with Crippen LogP contribution in [0.1, 0.15) is 22.4 Å². The number of para-hydroxylation sites is 1. The maximum atomic E-state index is 6.54. The van der Waals surface area contributed by atoms with Gasteiger partial charge in [0, 0.05) is 35.0 Å². The van der Waals surface area contributed by atoms with E-state index in [1.165, 1.54) is 16.7 Å². The number of rotatable bonds is 4.